The Bertz CT molecular complexity index is 554. The molecule has 4 heteroatoms. The summed E-state index contributed by atoms with van der Waals surface area (Å²) < 4.78 is 1.74. The van der Waals surface area contributed by atoms with Gasteiger partial charge in [-0.2, -0.15) is 0 Å². The van der Waals surface area contributed by atoms with E-state index in [1.54, 1.807) is 11.6 Å². The van der Waals surface area contributed by atoms with E-state index in [4.69, 9.17) is 11.5 Å². The minimum absolute atomic E-state index is 0.374. The van der Waals surface area contributed by atoms with Crippen LogP contribution in [0.1, 0.15) is 16.1 Å². The van der Waals surface area contributed by atoms with Crippen LogP contribution in [-0.4, -0.2) is 10.5 Å². The summed E-state index contributed by atoms with van der Waals surface area (Å²) in [5, 5.41) is 0.911. The molecule has 0 unspecified atom stereocenters. The van der Waals surface area contributed by atoms with E-state index >= 15 is 0 Å². The van der Waals surface area contributed by atoms with Crippen LogP contribution in [0.25, 0.3) is 10.9 Å². The largest absolute Gasteiger partial charge is 0.396 e. The van der Waals surface area contributed by atoms with E-state index in [1.807, 2.05) is 25.1 Å². The molecule has 0 bridgehead atoms. The maximum absolute atomic E-state index is 11.2. The Morgan fingerprint density at radius 3 is 2.60 bits per heavy atom. The van der Waals surface area contributed by atoms with Crippen molar-refractivity contribution in [1.29, 1.82) is 0 Å². The molecule has 0 atom stereocenters. The van der Waals surface area contributed by atoms with Crippen molar-refractivity contribution in [3.05, 3.63) is 29.5 Å². The van der Waals surface area contributed by atoms with Gasteiger partial charge in [0.25, 0.3) is 5.91 Å². The summed E-state index contributed by atoms with van der Waals surface area (Å²) in [5.74, 6) is -0.495. The van der Waals surface area contributed by atoms with Crippen LogP contribution in [0.15, 0.2) is 18.2 Å². The van der Waals surface area contributed by atoms with Gasteiger partial charge in [0.05, 0.1) is 11.2 Å². The molecule has 15 heavy (non-hydrogen) atoms. The number of carbonyl (C=O) groups excluding carboxylic acids is 1. The first-order valence-corrected chi connectivity index (χ1v) is 4.67. The van der Waals surface area contributed by atoms with Crippen molar-refractivity contribution in [1.82, 2.24) is 4.57 Å². The number of hydrogen-bond donors (Lipinski definition) is 2. The Labute approximate surface area is 87.5 Å². The fourth-order valence-electron chi connectivity index (χ4n) is 2.00. The highest BCUT2D eigenvalue weighted by Crippen LogP contribution is 2.29. The van der Waals surface area contributed by atoms with Gasteiger partial charge in [-0.25, -0.2) is 0 Å². The van der Waals surface area contributed by atoms with Gasteiger partial charge in [-0.3, -0.25) is 4.79 Å². The third kappa shape index (κ3) is 1.18. The van der Waals surface area contributed by atoms with Crippen molar-refractivity contribution in [3.63, 3.8) is 0 Å². The number of aryl methyl sites for hydroxylation is 2. The molecule has 0 spiro atoms. The van der Waals surface area contributed by atoms with Crippen LogP contribution in [0.5, 0.6) is 0 Å². The SMILES string of the molecule is Cc1cccc2c1c(N)c(C(N)=O)n2C. The molecule has 1 heterocycles. The van der Waals surface area contributed by atoms with Gasteiger partial charge in [0, 0.05) is 12.4 Å². The summed E-state index contributed by atoms with van der Waals surface area (Å²) in [6.45, 7) is 1.96. The zero-order valence-corrected chi connectivity index (χ0v) is 8.74. The Kier molecular flexibility index (Phi) is 1.93. The van der Waals surface area contributed by atoms with Crippen LogP contribution in [0.4, 0.5) is 5.69 Å². The first-order chi connectivity index (χ1) is 7.04. The van der Waals surface area contributed by atoms with E-state index in [0.29, 0.717) is 11.4 Å². The zero-order chi connectivity index (χ0) is 11.2. The van der Waals surface area contributed by atoms with E-state index < -0.39 is 5.91 Å². The molecule has 0 aliphatic rings. The predicted octanol–water partition coefficient (Wildman–Crippen LogP) is 1.17. The van der Waals surface area contributed by atoms with E-state index in [2.05, 4.69) is 0 Å². The number of aromatic nitrogens is 1. The summed E-state index contributed by atoms with van der Waals surface area (Å²) in [6, 6.07) is 5.82. The second-order valence-electron chi connectivity index (χ2n) is 3.65. The van der Waals surface area contributed by atoms with E-state index in [0.717, 1.165) is 16.5 Å². The number of anilines is 1. The smallest absolute Gasteiger partial charge is 0.267 e. The van der Waals surface area contributed by atoms with Gasteiger partial charge in [-0.1, -0.05) is 12.1 Å². The number of nitrogens with two attached hydrogens (primary N) is 2. The molecule has 78 valence electrons. The molecule has 1 aromatic heterocycles. The summed E-state index contributed by atoms with van der Waals surface area (Å²) in [6.07, 6.45) is 0. The normalized spacial score (nSPS) is 10.8. The molecule has 1 aromatic carbocycles. The quantitative estimate of drug-likeness (QED) is 0.730. The Balaban J connectivity index is 2.98. The number of hydrogen-bond acceptors (Lipinski definition) is 2. The predicted molar refractivity (Wildman–Crippen MR) is 60.6 cm³/mol. The van der Waals surface area contributed by atoms with Crippen LogP contribution >= 0.6 is 0 Å². The van der Waals surface area contributed by atoms with Gasteiger partial charge < -0.3 is 16.0 Å². The lowest BCUT2D eigenvalue weighted by Gasteiger charge is -1.99. The highest BCUT2D eigenvalue weighted by molar-refractivity contribution is 6.08. The molecule has 0 saturated heterocycles. The number of amides is 1. The Morgan fingerprint density at radius 1 is 1.40 bits per heavy atom. The lowest BCUT2D eigenvalue weighted by molar-refractivity contribution is 0.0994. The van der Waals surface area contributed by atoms with E-state index in [-0.39, 0.29) is 0 Å². The van der Waals surface area contributed by atoms with Gasteiger partial charge in [-0.15, -0.1) is 0 Å². The Morgan fingerprint density at radius 2 is 2.07 bits per heavy atom. The third-order valence-electron chi connectivity index (χ3n) is 2.71. The van der Waals surface area contributed by atoms with Crippen molar-refractivity contribution in [2.75, 3.05) is 5.73 Å². The maximum Gasteiger partial charge on any atom is 0.267 e. The average Bonchev–Trinajstić information content (AvgIpc) is 2.40. The fraction of sp³-hybridized carbons (Fsp3) is 0.182. The first-order valence-electron chi connectivity index (χ1n) is 4.67. The molecular weight excluding hydrogens is 190 g/mol. The highest BCUT2D eigenvalue weighted by atomic mass is 16.1. The topological polar surface area (TPSA) is 74.0 Å². The average molecular weight is 203 g/mol. The van der Waals surface area contributed by atoms with Crippen molar-refractivity contribution in [2.24, 2.45) is 12.8 Å². The number of rotatable bonds is 1. The standard InChI is InChI=1S/C11H13N3O/c1-6-4-3-5-7-8(6)9(12)10(11(13)15)14(7)2/h3-5H,12H2,1-2H3,(H2,13,15). The monoisotopic (exact) mass is 203 g/mol. The number of primary amides is 1. The molecule has 0 saturated carbocycles. The van der Waals surface area contributed by atoms with Crippen molar-refractivity contribution < 1.29 is 4.79 Å². The molecule has 0 radical (unpaired) electrons. The summed E-state index contributed by atoms with van der Waals surface area (Å²) in [7, 11) is 1.79. The van der Waals surface area contributed by atoms with Gasteiger partial charge in [0.15, 0.2) is 0 Å². The molecular formula is C11H13N3O. The van der Waals surface area contributed by atoms with Gasteiger partial charge >= 0.3 is 0 Å². The van der Waals surface area contributed by atoms with Gasteiger partial charge in [-0.05, 0) is 18.6 Å². The number of nitrogen functional groups attached to an aromatic ring is 1. The van der Waals surface area contributed by atoms with Gasteiger partial charge in [0.2, 0.25) is 0 Å². The molecule has 0 aliphatic heterocycles. The lowest BCUT2D eigenvalue weighted by atomic mass is 10.1. The zero-order valence-electron chi connectivity index (χ0n) is 8.74. The molecule has 0 fully saturated rings. The van der Waals surface area contributed by atoms with Crippen LogP contribution in [0.3, 0.4) is 0 Å². The van der Waals surface area contributed by atoms with Crippen LogP contribution in [-0.2, 0) is 7.05 Å². The first kappa shape index (κ1) is 9.58. The molecule has 4 N–H and O–H groups in total. The van der Waals surface area contributed by atoms with Crippen molar-refractivity contribution in [2.45, 2.75) is 6.92 Å². The third-order valence-corrected chi connectivity index (χ3v) is 2.71. The van der Waals surface area contributed by atoms with E-state index in [9.17, 15) is 4.79 Å². The molecule has 2 aromatic rings. The molecule has 4 nitrogen and oxygen atoms in total. The fourth-order valence-corrected chi connectivity index (χ4v) is 2.00. The molecule has 2 rings (SSSR count). The van der Waals surface area contributed by atoms with Crippen LogP contribution in [0, 0.1) is 6.92 Å². The number of nitrogens with zero attached hydrogens (tertiary/aromatic N) is 1. The summed E-state index contributed by atoms with van der Waals surface area (Å²) in [5.41, 5.74) is 14.0. The summed E-state index contributed by atoms with van der Waals surface area (Å²) >= 11 is 0. The maximum atomic E-state index is 11.2. The van der Waals surface area contributed by atoms with Crippen molar-refractivity contribution in [3.8, 4) is 0 Å². The van der Waals surface area contributed by atoms with Crippen molar-refractivity contribution >= 4 is 22.5 Å². The van der Waals surface area contributed by atoms with Crippen LogP contribution < -0.4 is 11.5 Å². The molecule has 1 amide bonds. The second kappa shape index (κ2) is 3.02. The summed E-state index contributed by atoms with van der Waals surface area (Å²) in [4.78, 5) is 11.2. The number of carbonyl (C=O) groups is 1. The highest BCUT2D eigenvalue weighted by Gasteiger charge is 2.17. The number of benzene rings is 1. The second-order valence-corrected chi connectivity index (χ2v) is 3.65. The molecule has 0 aliphatic carbocycles. The Hall–Kier alpha value is -1.97. The minimum atomic E-state index is -0.495. The minimum Gasteiger partial charge on any atom is -0.396 e. The number of fused-ring (bicyclic) bond motifs is 1. The van der Waals surface area contributed by atoms with Gasteiger partial charge in [0.1, 0.15) is 5.69 Å². The lowest BCUT2D eigenvalue weighted by Crippen LogP contribution is -2.16. The van der Waals surface area contributed by atoms with E-state index in [1.165, 1.54) is 0 Å². The van der Waals surface area contributed by atoms with Crippen LogP contribution in [0.2, 0.25) is 0 Å².